The lowest BCUT2D eigenvalue weighted by Crippen LogP contribution is -2.19. The van der Waals surface area contributed by atoms with E-state index in [1.54, 1.807) is 0 Å². The average Bonchev–Trinajstić information content (AvgIpc) is 3.52. The maximum absolute atomic E-state index is 15.0. The van der Waals surface area contributed by atoms with E-state index in [1.165, 1.54) is 15.6 Å². The summed E-state index contributed by atoms with van der Waals surface area (Å²) < 4.78 is 32.2. The van der Waals surface area contributed by atoms with Gasteiger partial charge in [-0.3, -0.25) is 8.63 Å². The van der Waals surface area contributed by atoms with Crippen LogP contribution in [0, 0.1) is 3.57 Å². The molecule has 0 amide bonds. The van der Waals surface area contributed by atoms with Crippen molar-refractivity contribution in [3.05, 3.63) is 133 Å². The van der Waals surface area contributed by atoms with Gasteiger partial charge < -0.3 is 4.48 Å². The Hall–Kier alpha value is -3.26. The van der Waals surface area contributed by atoms with Crippen LogP contribution in [-0.2, 0) is 19.3 Å². The quantitative estimate of drug-likeness (QED) is 0.170. The van der Waals surface area contributed by atoms with E-state index in [-0.39, 0.29) is 0 Å². The van der Waals surface area contributed by atoms with E-state index in [0.717, 1.165) is 74.1 Å². The third-order valence-electron chi connectivity index (χ3n) is 7.68. The molecule has 3 aliphatic rings. The number of fused-ring (bicyclic) bond motifs is 6. The first-order valence-corrected chi connectivity index (χ1v) is 13.7. The number of rotatable bonds is 3. The fourth-order valence-corrected chi connectivity index (χ4v) is 6.36. The second-order valence-electron chi connectivity index (χ2n) is 9.76. The van der Waals surface area contributed by atoms with Crippen molar-refractivity contribution in [2.75, 3.05) is 0 Å². The fraction of sp³-hybridized carbons (Fsp3) is 0.129. The van der Waals surface area contributed by atoms with Crippen LogP contribution in [0.4, 0.5) is 8.63 Å². The molecule has 0 bridgehead atoms. The Labute approximate surface area is 228 Å². The number of halogens is 3. The number of hydrogen-bond acceptors (Lipinski definition) is 1. The van der Waals surface area contributed by atoms with Gasteiger partial charge in [0.15, 0.2) is 0 Å². The van der Waals surface area contributed by atoms with E-state index in [2.05, 4.69) is 52.9 Å². The molecule has 180 valence electrons. The molecule has 0 N–H and O–H groups in total. The summed E-state index contributed by atoms with van der Waals surface area (Å²) in [4.78, 5) is 5.12. The van der Waals surface area contributed by atoms with Gasteiger partial charge in [0, 0.05) is 31.7 Å². The molecule has 6 heteroatoms. The van der Waals surface area contributed by atoms with Gasteiger partial charge in [-0.15, -0.1) is 0 Å². The van der Waals surface area contributed by atoms with Crippen LogP contribution in [0.3, 0.4) is 0 Å². The van der Waals surface area contributed by atoms with Crippen molar-refractivity contribution in [2.45, 2.75) is 25.7 Å². The molecule has 4 aromatic rings. The molecule has 2 aliphatic carbocycles. The second-order valence-corrected chi connectivity index (χ2v) is 11.0. The third kappa shape index (κ3) is 3.76. The number of aliphatic imine (C=N–C) groups is 1. The largest absolute Gasteiger partial charge is 0.678 e. The Balaban J connectivity index is 1.51. The van der Waals surface area contributed by atoms with Gasteiger partial charge in [0.05, 0.1) is 11.4 Å². The SMILES string of the molecule is FB(F)n1c(/C(=C2/C=C3CCc4ccccc4C3=N2)c2ccc(I)cc2)cc2c1-c1ccccc1CC2. The van der Waals surface area contributed by atoms with Crippen LogP contribution in [0.5, 0.6) is 0 Å². The summed E-state index contributed by atoms with van der Waals surface area (Å²) in [6, 6.07) is 26.4. The van der Waals surface area contributed by atoms with Crippen LogP contribution in [0.2, 0.25) is 0 Å². The van der Waals surface area contributed by atoms with Crippen molar-refractivity contribution in [1.82, 2.24) is 4.48 Å². The molecular weight excluding hydrogens is 576 g/mol. The van der Waals surface area contributed by atoms with E-state index < -0.39 is 7.40 Å². The normalized spacial score (nSPS) is 16.7. The van der Waals surface area contributed by atoms with Gasteiger partial charge in [-0.05, 0) is 100 Å². The maximum Gasteiger partial charge on any atom is 0.678 e. The van der Waals surface area contributed by atoms with Gasteiger partial charge in [-0.1, -0.05) is 60.7 Å². The zero-order valence-electron chi connectivity index (χ0n) is 20.0. The van der Waals surface area contributed by atoms with Crippen LogP contribution < -0.4 is 0 Å². The molecule has 0 atom stereocenters. The van der Waals surface area contributed by atoms with Crippen molar-refractivity contribution in [3.63, 3.8) is 0 Å². The zero-order valence-corrected chi connectivity index (χ0v) is 22.2. The number of nitrogens with zero attached hydrogens (tertiary/aromatic N) is 2. The maximum atomic E-state index is 15.0. The summed E-state index contributed by atoms with van der Waals surface area (Å²) >= 11 is 2.28. The minimum atomic E-state index is -2.67. The molecule has 0 fully saturated rings. The van der Waals surface area contributed by atoms with Crippen molar-refractivity contribution >= 4 is 41.3 Å². The van der Waals surface area contributed by atoms with E-state index in [4.69, 9.17) is 4.99 Å². The number of benzene rings is 3. The van der Waals surface area contributed by atoms with Crippen molar-refractivity contribution in [2.24, 2.45) is 4.99 Å². The van der Waals surface area contributed by atoms with Gasteiger partial charge in [-0.25, -0.2) is 4.99 Å². The lowest BCUT2D eigenvalue weighted by atomic mass is 9.87. The van der Waals surface area contributed by atoms with Crippen LogP contribution >= 0.6 is 22.6 Å². The summed E-state index contributed by atoms with van der Waals surface area (Å²) in [5.41, 5.74) is 11.2. The van der Waals surface area contributed by atoms with Gasteiger partial charge >= 0.3 is 7.40 Å². The zero-order chi connectivity index (χ0) is 25.1. The van der Waals surface area contributed by atoms with E-state index in [9.17, 15) is 8.63 Å². The van der Waals surface area contributed by atoms with Crippen LogP contribution in [-0.4, -0.2) is 17.6 Å². The molecule has 0 saturated heterocycles. The summed E-state index contributed by atoms with van der Waals surface area (Å²) in [5, 5.41) is 0. The standard InChI is InChI=1S/C31H22BF2IN2/c33-32(34)37-28(18-23-12-10-20-6-2-4-8-26(20)31(23)37)29(21-13-15-24(35)16-14-21)27-17-22-11-9-19-5-1-3-7-25(19)30(22)36-27/h1-8,13-18H,9-12H2/b29-27-. The molecule has 0 spiro atoms. The molecular formula is C31H22BF2IN2. The number of allylic oxidation sites excluding steroid dienone is 2. The Morgan fingerprint density at radius 1 is 0.784 bits per heavy atom. The fourth-order valence-electron chi connectivity index (χ4n) is 6.00. The van der Waals surface area contributed by atoms with E-state index >= 15 is 0 Å². The first-order chi connectivity index (χ1) is 18.1. The minimum absolute atomic E-state index is 0.529. The Kier molecular flexibility index (Phi) is 5.54. The molecule has 1 aromatic heterocycles. The smallest absolute Gasteiger partial charge is 0.324 e. The minimum Gasteiger partial charge on any atom is -0.324 e. The van der Waals surface area contributed by atoms with Gasteiger partial charge in [-0.2, -0.15) is 0 Å². The molecule has 0 unspecified atom stereocenters. The molecule has 37 heavy (non-hydrogen) atoms. The summed E-state index contributed by atoms with van der Waals surface area (Å²) in [7, 11) is -2.67. The summed E-state index contributed by atoms with van der Waals surface area (Å²) in [6.07, 6.45) is 5.59. The molecule has 7 rings (SSSR count). The number of aromatic nitrogens is 1. The van der Waals surface area contributed by atoms with Crippen molar-refractivity contribution in [1.29, 1.82) is 0 Å². The van der Waals surface area contributed by atoms with E-state index in [1.807, 2.05) is 54.6 Å². The predicted molar refractivity (Wildman–Crippen MR) is 155 cm³/mol. The molecule has 0 radical (unpaired) electrons. The van der Waals surface area contributed by atoms with Gasteiger partial charge in [0.2, 0.25) is 0 Å². The van der Waals surface area contributed by atoms with E-state index in [0.29, 0.717) is 11.4 Å². The Morgan fingerprint density at radius 2 is 1.43 bits per heavy atom. The van der Waals surface area contributed by atoms with Gasteiger partial charge in [0.1, 0.15) is 0 Å². The molecule has 2 nitrogen and oxygen atoms in total. The topological polar surface area (TPSA) is 17.3 Å². The first-order valence-electron chi connectivity index (χ1n) is 12.6. The highest BCUT2D eigenvalue weighted by molar-refractivity contribution is 14.1. The molecule has 3 aromatic carbocycles. The number of aryl methyl sites for hydroxylation is 3. The molecule has 2 heterocycles. The monoisotopic (exact) mass is 598 g/mol. The first kappa shape index (κ1) is 22.9. The van der Waals surface area contributed by atoms with Crippen LogP contribution in [0.1, 0.15) is 39.9 Å². The number of hydrogen-bond donors (Lipinski definition) is 0. The highest BCUT2D eigenvalue weighted by Gasteiger charge is 2.34. The highest BCUT2D eigenvalue weighted by Crippen LogP contribution is 2.42. The Bertz CT molecular complexity index is 1660. The van der Waals surface area contributed by atoms with Crippen LogP contribution in [0.25, 0.3) is 16.8 Å². The second kappa shape index (κ2) is 8.94. The molecule has 1 aliphatic heterocycles. The van der Waals surface area contributed by atoms with Crippen LogP contribution in [0.15, 0.2) is 101 Å². The molecule has 0 saturated carbocycles. The lowest BCUT2D eigenvalue weighted by molar-refractivity contribution is 0.629. The summed E-state index contributed by atoms with van der Waals surface area (Å²) in [6.45, 7) is 0. The Morgan fingerprint density at radius 3 is 2.19 bits per heavy atom. The summed E-state index contributed by atoms with van der Waals surface area (Å²) in [5.74, 6) is 0. The predicted octanol–water partition coefficient (Wildman–Crippen LogP) is 7.77. The van der Waals surface area contributed by atoms with Crippen molar-refractivity contribution in [3.8, 4) is 11.3 Å². The third-order valence-corrected chi connectivity index (χ3v) is 8.39. The van der Waals surface area contributed by atoms with Gasteiger partial charge in [0.25, 0.3) is 0 Å². The highest BCUT2D eigenvalue weighted by atomic mass is 127. The van der Waals surface area contributed by atoms with Crippen molar-refractivity contribution < 1.29 is 8.63 Å². The average molecular weight is 598 g/mol. The lowest BCUT2D eigenvalue weighted by Gasteiger charge is -2.20.